The van der Waals surface area contributed by atoms with Crippen molar-refractivity contribution < 1.29 is 19.1 Å². The van der Waals surface area contributed by atoms with Crippen LogP contribution in [0.4, 0.5) is 0 Å². The molecule has 1 atom stereocenters. The molecule has 1 aromatic heterocycles. The third-order valence-corrected chi connectivity index (χ3v) is 5.70. The molecule has 2 aliphatic rings. The number of aromatic nitrogens is 1. The number of rotatable bonds is 5. The van der Waals surface area contributed by atoms with Crippen molar-refractivity contribution in [2.75, 3.05) is 13.2 Å². The predicted octanol–water partition coefficient (Wildman–Crippen LogP) is 2.02. The van der Waals surface area contributed by atoms with Gasteiger partial charge in [-0.2, -0.15) is 0 Å². The van der Waals surface area contributed by atoms with Crippen molar-refractivity contribution in [2.45, 2.75) is 56.9 Å². The average molecular weight is 385 g/mol. The maximum atomic E-state index is 12.9. The minimum Gasteiger partial charge on any atom is -0.361 e. The summed E-state index contributed by atoms with van der Waals surface area (Å²) < 4.78 is 11.5. The molecule has 2 amide bonds. The van der Waals surface area contributed by atoms with E-state index in [-0.39, 0.29) is 17.9 Å². The van der Waals surface area contributed by atoms with E-state index in [1.54, 1.807) is 0 Å². The number of aromatic amines is 1. The van der Waals surface area contributed by atoms with Crippen molar-refractivity contribution in [3.8, 4) is 0 Å². The fraction of sp³-hybridized carbons (Fsp3) is 0.524. The number of nitrogens with one attached hydrogen (secondary N) is 3. The smallest absolute Gasteiger partial charge is 0.243 e. The zero-order valence-corrected chi connectivity index (χ0v) is 16.1. The maximum Gasteiger partial charge on any atom is 0.243 e. The number of para-hydroxylation sites is 1. The number of carbonyl (C=O) groups excluding carboxylic acids is 2. The van der Waals surface area contributed by atoms with Gasteiger partial charge in [-0.1, -0.05) is 18.2 Å². The minimum absolute atomic E-state index is 0.0742. The minimum atomic E-state index is -0.605. The average Bonchev–Trinajstić information content (AvgIpc) is 3.31. The van der Waals surface area contributed by atoms with Gasteiger partial charge in [-0.3, -0.25) is 9.59 Å². The van der Waals surface area contributed by atoms with Gasteiger partial charge in [0.15, 0.2) is 5.79 Å². The molecular formula is C21H27N3O4. The maximum absolute atomic E-state index is 12.9. The van der Waals surface area contributed by atoms with Crippen LogP contribution in [0.25, 0.3) is 10.9 Å². The van der Waals surface area contributed by atoms with E-state index in [4.69, 9.17) is 9.47 Å². The van der Waals surface area contributed by atoms with Gasteiger partial charge in [0.05, 0.1) is 13.2 Å². The van der Waals surface area contributed by atoms with Crippen molar-refractivity contribution in [3.05, 3.63) is 36.0 Å². The molecule has 1 aliphatic heterocycles. The summed E-state index contributed by atoms with van der Waals surface area (Å²) in [5.41, 5.74) is 2.04. The van der Waals surface area contributed by atoms with Crippen LogP contribution in [-0.4, -0.2) is 47.9 Å². The number of amides is 2. The Bertz CT molecular complexity index is 846. The first-order chi connectivity index (χ1) is 13.5. The number of hydrogen-bond acceptors (Lipinski definition) is 4. The molecule has 0 bridgehead atoms. The Morgan fingerprint density at radius 3 is 2.64 bits per heavy atom. The summed E-state index contributed by atoms with van der Waals surface area (Å²) >= 11 is 0. The number of H-pyrrole nitrogens is 1. The summed E-state index contributed by atoms with van der Waals surface area (Å²) in [4.78, 5) is 27.8. The fourth-order valence-corrected chi connectivity index (χ4v) is 4.26. The molecule has 1 unspecified atom stereocenters. The Morgan fingerprint density at radius 2 is 1.93 bits per heavy atom. The molecule has 28 heavy (non-hydrogen) atoms. The third-order valence-electron chi connectivity index (χ3n) is 5.70. The zero-order chi connectivity index (χ0) is 19.6. The van der Waals surface area contributed by atoms with Gasteiger partial charge >= 0.3 is 0 Å². The van der Waals surface area contributed by atoms with Crippen LogP contribution in [-0.2, 0) is 25.5 Å². The number of carbonyl (C=O) groups is 2. The molecule has 2 heterocycles. The predicted molar refractivity (Wildman–Crippen MR) is 105 cm³/mol. The number of ether oxygens (including phenoxy) is 2. The highest BCUT2D eigenvalue weighted by Crippen LogP contribution is 2.35. The van der Waals surface area contributed by atoms with Crippen molar-refractivity contribution in [2.24, 2.45) is 0 Å². The molecule has 2 aromatic rings. The second-order valence-corrected chi connectivity index (χ2v) is 7.71. The fourth-order valence-electron chi connectivity index (χ4n) is 4.26. The quantitative estimate of drug-likeness (QED) is 0.734. The van der Waals surface area contributed by atoms with E-state index >= 15 is 0 Å². The summed E-state index contributed by atoms with van der Waals surface area (Å²) in [5, 5.41) is 6.99. The van der Waals surface area contributed by atoms with E-state index in [0.29, 0.717) is 19.6 Å². The number of hydrogen-bond donors (Lipinski definition) is 3. The SMILES string of the molecule is CC(=O)NC(Cc1c[nH]c2ccccc12)C(=O)NC1CCC2(CC1)OCCO2. The molecule has 1 saturated carbocycles. The normalized spacial score (nSPS) is 20.3. The summed E-state index contributed by atoms with van der Waals surface area (Å²) in [6.45, 7) is 2.73. The molecule has 1 aromatic carbocycles. The lowest BCUT2D eigenvalue weighted by atomic mass is 9.89. The van der Waals surface area contributed by atoms with Crippen LogP contribution in [0.2, 0.25) is 0 Å². The van der Waals surface area contributed by atoms with E-state index < -0.39 is 11.8 Å². The molecule has 3 N–H and O–H groups in total. The molecule has 1 spiro atoms. The van der Waals surface area contributed by atoms with Crippen molar-refractivity contribution in [3.63, 3.8) is 0 Å². The second kappa shape index (κ2) is 7.93. The summed E-state index contributed by atoms with van der Waals surface area (Å²) in [6, 6.07) is 7.42. The zero-order valence-electron chi connectivity index (χ0n) is 16.1. The number of benzene rings is 1. The van der Waals surface area contributed by atoms with Crippen LogP contribution in [0.15, 0.2) is 30.5 Å². The van der Waals surface area contributed by atoms with Crippen LogP contribution in [0.1, 0.15) is 38.2 Å². The summed E-state index contributed by atoms with van der Waals surface area (Å²) in [6.07, 6.45) is 5.54. The van der Waals surface area contributed by atoms with Crippen molar-refractivity contribution >= 4 is 22.7 Å². The third kappa shape index (κ3) is 4.05. The van der Waals surface area contributed by atoms with Gasteiger partial charge in [-0.25, -0.2) is 0 Å². The highest BCUT2D eigenvalue weighted by Gasteiger charge is 2.40. The molecule has 1 aliphatic carbocycles. The molecule has 2 fully saturated rings. The van der Waals surface area contributed by atoms with Gasteiger partial charge in [0.2, 0.25) is 11.8 Å². The first-order valence-electron chi connectivity index (χ1n) is 9.95. The van der Waals surface area contributed by atoms with Gasteiger partial charge in [0.1, 0.15) is 6.04 Å². The standard InChI is InChI=1S/C21H27N3O4/c1-14(25)23-19(12-15-13-22-18-5-3-2-4-17(15)18)20(26)24-16-6-8-21(9-7-16)27-10-11-28-21/h2-5,13,16,19,22H,6-12H2,1H3,(H,23,25)(H,24,26). The van der Waals surface area contributed by atoms with Gasteiger partial charge in [-0.15, -0.1) is 0 Å². The Kier molecular flexibility index (Phi) is 5.37. The van der Waals surface area contributed by atoms with E-state index in [1.807, 2.05) is 30.5 Å². The van der Waals surface area contributed by atoms with E-state index in [2.05, 4.69) is 15.6 Å². The first kappa shape index (κ1) is 19.0. The molecule has 1 saturated heterocycles. The van der Waals surface area contributed by atoms with Crippen molar-refractivity contribution in [1.29, 1.82) is 0 Å². The van der Waals surface area contributed by atoms with Crippen LogP contribution in [0.5, 0.6) is 0 Å². The van der Waals surface area contributed by atoms with Gasteiger partial charge in [-0.05, 0) is 24.5 Å². The van der Waals surface area contributed by atoms with Crippen LogP contribution in [0, 0.1) is 0 Å². The van der Waals surface area contributed by atoms with Gasteiger partial charge in [0.25, 0.3) is 0 Å². The van der Waals surface area contributed by atoms with Crippen LogP contribution >= 0.6 is 0 Å². The van der Waals surface area contributed by atoms with Crippen LogP contribution in [0.3, 0.4) is 0 Å². The van der Waals surface area contributed by atoms with Gasteiger partial charge in [0, 0.05) is 49.3 Å². The Balaban J connectivity index is 1.41. The molecule has 150 valence electrons. The highest BCUT2D eigenvalue weighted by atomic mass is 16.7. The van der Waals surface area contributed by atoms with Gasteiger partial charge < -0.3 is 25.1 Å². The largest absolute Gasteiger partial charge is 0.361 e. The lowest BCUT2D eigenvalue weighted by molar-refractivity contribution is -0.180. The summed E-state index contributed by atoms with van der Waals surface area (Å²) in [7, 11) is 0. The molecular weight excluding hydrogens is 358 g/mol. The van der Waals surface area contributed by atoms with E-state index in [9.17, 15) is 9.59 Å². The lowest BCUT2D eigenvalue weighted by Gasteiger charge is -2.36. The first-order valence-corrected chi connectivity index (χ1v) is 9.95. The Hall–Kier alpha value is -2.38. The monoisotopic (exact) mass is 385 g/mol. The van der Waals surface area contributed by atoms with Crippen molar-refractivity contribution in [1.82, 2.24) is 15.6 Å². The Morgan fingerprint density at radius 1 is 1.21 bits per heavy atom. The second-order valence-electron chi connectivity index (χ2n) is 7.71. The molecule has 0 radical (unpaired) electrons. The topological polar surface area (TPSA) is 92.5 Å². The van der Waals surface area contributed by atoms with Crippen LogP contribution < -0.4 is 10.6 Å². The molecule has 4 rings (SSSR count). The number of fused-ring (bicyclic) bond motifs is 1. The highest BCUT2D eigenvalue weighted by molar-refractivity contribution is 5.89. The van der Waals surface area contributed by atoms with E-state index in [1.165, 1.54) is 6.92 Å². The molecule has 7 nitrogen and oxygen atoms in total. The lowest BCUT2D eigenvalue weighted by Crippen LogP contribution is -2.52. The van der Waals surface area contributed by atoms with E-state index in [0.717, 1.165) is 42.1 Å². The summed E-state index contributed by atoms with van der Waals surface area (Å²) in [5.74, 6) is -0.799. The molecule has 7 heteroatoms. The Labute approximate surface area is 164 Å².